The Morgan fingerprint density at radius 1 is 1.00 bits per heavy atom. The van der Waals surface area contributed by atoms with Gasteiger partial charge < -0.3 is 5.32 Å². The van der Waals surface area contributed by atoms with Gasteiger partial charge in [-0.05, 0) is 35.3 Å². The van der Waals surface area contributed by atoms with Gasteiger partial charge in [-0.3, -0.25) is 4.79 Å². The van der Waals surface area contributed by atoms with Crippen molar-refractivity contribution in [3.8, 4) is 11.1 Å². The zero-order valence-electron chi connectivity index (χ0n) is 14.2. The number of carbonyl (C=O) groups is 1. The first-order chi connectivity index (χ1) is 12.5. The molecule has 5 nitrogen and oxygen atoms in total. The van der Waals surface area contributed by atoms with Crippen molar-refractivity contribution in [2.24, 2.45) is 0 Å². The minimum atomic E-state index is -3.40. The molecule has 2 aromatic carbocycles. The van der Waals surface area contributed by atoms with Crippen molar-refractivity contribution >= 4 is 33.6 Å². The highest BCUT2D eigenvalue weighted by Gasteiger charge is 2.05. The van der Waals surface area contributed by atoms with Crippen LogP contribution in [0.4, 0.5) is 0 Å². The topological polar surface area (TPSA) is 75.3 Å². The first-order valence-corrected chi connectivity index (χ1v) is 10.3. The smallest absolute Gasteiger partial charge is 0.243 e. The monoisotopic (exact) mass is 392 g/mol. The third kappa shape index (κ3) is 7.00. The Morgan fingerprint density at radius 2 is 1.73 bits per heavy atom. The summed E-state index contributed by atoms with van der Waals surface area (Å²) < 4.78 is 24.6. The molecule has 0 unspecified atom stereocenters. The Bertz CT molecular complexity index is 852. The molecular weight excluding hydrogens is 372 g/mol. The first-order valence-electron chi connectivity index (χ1n) is 8.15. The van der Waals surface area contributed by atoms with E-state index in [1.54, 1.807) is 6.08 Å². The van der Waals surface area contributed by atoms with E-state index in [0.29, 0.717) is 13.0 Å². The van der Waals surface area contributed by atoms with Gasteiger partial charge in [0.15, 0.2) is 0 Å². The molecule has 0 aromatic heterocycles. The molecule has 7 heteroatoms. The third-order valence-electron chi connectivity index (χ3n) is 3.54. The lowest BCUT2D eigenvalue weighted by atomic mass is 10.0. The molecule has 0 bridgehead atoms. The molecule has 2 rings (SSSR count). The molecule has 0 heterocycles. The summed E-state index contributed by atoms with van der Waals surface area (Å²) in [6.07, 6.45) is 3.70. The van der Waals surface area contributed by atoms with Crippen LogP contribution in [0.3, 0.4) is 0 Å². The highest BCUT2D eigenvalue weighted by Crippen LogP contribution is 2.20. The van der Waals surface area contributed by atoms with Crippen LogP contribution in [0.15, 0.2) is 60.7 Å². The van der Waals surface area contributed by atoms with E-state index in [9.17, 15) is 13.2 Å². The van der Waals surface area contributed by atoms with Gasteiger partial charge in [-0.1, -0.05) is 48.5 Å². The zero-order valence-corrected chi connectivity index (χ0v) is 15.8. The van der Waals surface area contributed by atoms with Crippen LogP contribution >= 0.6 is 11.6 Å². The highest BCUT2D eigenvalue weighted by atomic mass is 35.5. The second-order valence-corrected chi connectivity index (χ2v) is 7.98. The summed E-state index contributed by atoms with van der Waals surface area (Å²) in [6, 6.07) is 17.9. The third-order valence-corrected chi connectivity index (χ3v) is 5.33. The maximum Gasteiger partial charge on any atom is 0.243 e. The molecule has 0 radical (unpaired) electrons. The highest BCUT2D eigenvalue weighted by molar-refractivity contribution is 7.90. The van der Waals surface area contributed by atoms with E-state index >= 15 is 0 Å². The molecule has 0 aliphatic carbocycles. The molecule has 0 aliphatic heterocycles. The van der Waals surface area contributed by atoms with Crippen molar-refractivity contribution in [3.63, 3.8) is 0 Å². The average molecular weight is 393 g/mol. The van der Waals surface area contributed by atoms with Crippen LogP contribution in [0.5, 0.6) is 0 Å². The number of halogens is 1. The first kappa shape index (κ1) is 20.2. The van der Waals surface area contributed by atoms with Crippen LogP contribution in [-0.4, -0.2) is 32.6 Å². The number of benzene rings is 2. The maximum atomic E-state index is 11.8. The molecular formula is C19H21ClN2O3S. The Balaban J connectivity index is 1.81. The quantitative estimate of drug-likeness (QED) is 0.391. The zero-order chi connectivity index (χ0) is 18.8. The summed E-state index contributed by atoms with van der Waals surface area (Å²) in [4.78, 5) is 11.8. The lowest BCUT2D eigenvalue weighted by molar-refractivity contribution is -0.116. The summed E-state index contributed by atoms with van der Waals surface area (Å²) >= 11 is 5.28. The molecule has 0 aliphatic rings. The Labute approximate surface area is 159 Å². The summed E-state index contributed by atoms with van der Waals surface area (Å²) in [7, 11) is -3.40. The van der Waals surface area contributed by atoms with Crippen LogP contribution in [0.25, 0.3) is 17.2 Å². The lowest BCUT2D eigenvalue weighted by Gasteiger charge is -2.04. The van der Waals surface area contributed by atoms with Crippen molar-refractivity contribution < 1.29 is 13.2 Å². The van der Waals surface area contributed by atoms with Crippen molar-refractivity contribution in [1.29, 1.82) is 0 Å². The average Bonchev–Trinajstić information content (AvgIpc) is 2.67. The summed E-state index contributed by atoms with van der Waals surface area (Å²) in [5, 5.41) is 2.24. The van der Waals surface area contributed by atoms with Crippen molar-refractivity contribution in [1.82, 2.24) is 10.0 Å². The van der Waals surface area contributed by atoms with E-state index in [-0.39, 0.29) is 12.5 Å². The van der Waals surface area contributed by atoms with Gasteiger partial charge in [-0.2, -0.15) is 0 Å². The van der Waals surface area contributed by atoms with Gasteiger partial charge >= 0.3 is 0 Å². The number of sulfonamides is 1. The fraction of sp³-hybridized carbons (Fsp3) is 0.211. The van der Waals surface area contributed by atoms with Gasteiger partial charge in [-0.25, -0.2) is 13.1 Å². The SMILES string of the molecule is O=C(C=Cc1cccc(-c2ccccc2)c1)NCCCNS(=O)(=O)CCl. The number of hydrogen-bond donors (Lipinski definition) is 2. The van der Waals surface area contributed by atoms with E-state index in [2.05, 4.69) is 10.0 Å². The van der Waals surface area contributed by atoms with Gasteiger partial charge in [-0.15, -0.1) is 11.6 Å². The number of amides is 1. The number of nitrogens with one attached hydrogen (secondary N) is 2. The normalized spacial score (nSPS) is 11.6. The molecule has 138 valence electrons. The molecule has 0 atom stereocenters. The number of alkyl halides is 1. The standard InChI is InChI=1S/C19H21ClN2O3S/c20-15-26(24,25)22-13-5-12-21-19(23)11-10-16-6-4-9-18(14-16)17-7-2-1-3-8-17/h1-4,6-11,14,22H,5,12-13,15H2,(H,21,23). The molecule has 26 heavy (non-hydrogen) atoms. The molecule has 2 N–H and O–H groups in total. The predicted molar refractivity (Wildman–Crippen MR) is 106 cm³/mol. The number of carbonyl (C=O) groups excluding carboxylic acids is 1. The van der Waals surface area contributed by atoms with E-state index in [0.717, 1.165) is 16.7 Å². The van der Waals surface area contributed by atoms with Crippen LogP contribution in [0.2, 0.25) is 0 Å². The number of rotatable bonds is 9. The van der Waals surface area contributed by atoms with Crippen molar-refractivity contribution in [2.45, 2.75) is 6.42 Å². The summed E-state index contributed by atoms with van der Waals surface area (Å²) in [5.74, 6) is -0.227. The maximum absolute atomic E-state index is 11.8. The van der Waals surface area contributed by atoms with E-state index in [1.165, 1.54) is 6.08 Å². The largest absolute Gasteiger partial charge is 0.353 e. The van der Waals surface area contributed by atoms with Gasteiger partial charge in [0.05, 0.1) is 0 Å². The van der Waals surface area contributed by atoms with E-state index < -0.39 is 15.2 Å². The molecule has 0 fully saturated rings. The lowest BCUT2D eigenvalue weighted by Crippen LogP contribution is -2.29. The predicted octanol–water partition coefficient (Wildman–Crippen LogP) is 2.99. The van der Waals surface area contributed by atoms with Crippen LogP contribution < -0.4 is 10.0 Å². The second-order valence-electron chi connectivity index (χ2n) is 5.59. The van der Waals surface area contributed by atoms with Gasteiger partial charge in [0.1, 0.15) is 5.21 Å². The van der Waals surface area contributed by atoms with Crippen molar-refractivity contribution in [3.05, 3.63) is 66.2 Å². The minimum Gasteiger partial charge on any atom is -0.353 e. The molecule has 0 saturated heterocycles. The second kappa shape index (κ2) is 10.1. The Kier molecular flexibility index (Phi) is 7.84. The molecule has 0 saturated carbocycles. The Morgan fingerprint density at radius 3 is 2.46 bits per heavy atom. The molecule has 0 spiro atoms. The van der Waals surface area contributed by atoms with Gasteiger partial charge in [0.2, 0.25) is 15.9 Å². The number of hydrogen-bond acceptors (Lipinski definition) is 3. The fourth-order valence-electron chi connectivity index (χ4n) is 2.25. The van der Waals surface area contributed by atoms with Crippen molar-refractivity contribution in [2.75, 3.05) is 18.3 Å². The Hall–Kier alpha value is -2.15. The summed E-state index contributed by atoms with van der Waals surface area (Å²) in [6.45, 7) is 0.607. The van der Waals surface area contributed by atoms with Gasteiger partial charge in [0.25, 0.3) is 0 Å². The van der Waals surface area contributed by atoms with Crippen LogP contribution in [0, 0.1) is 0 Å². The fourth-order valence-corrected chi connectivity index (χ4v) is 3.01. The molecule has 1 amide bonds. The van der Waals surface area contributed by atoms with E-state index in [1.807, 2.05) is 54.6 Å². The van der Waals surface area contributed by atoms with Crippen LogP contribution in [0.1, 0.15) is 12.0 Å². The summed E-state index contributed by atoms with van der Waals surface area (Å²) in [5.41, 5.74) is 3.13. The van der Waals surface area contributed by atoms with E-state index in [4.69, 9.17) is 11.6 Å². The molecule has 2 aromatic rings. The minimum absolute atomic E-state index is 0.227. The van der Waals surface area contributed by atoms with Crippen LogP contribution in [-0.2, 0) is 14.8 Å². The van der Waals surface area contributed by atoms with Gasteiger partial charge in [0, 0.05) is 19.2 Å².